The Labute approximate surface area is 244 Å². The van der Waals surface area contributed by atoms with E-state index in [9.17, 15) is 9.59 Å². The second-order valence-corrected chi connectivity index (χ2v) is 12.2. The number of carbonyl (C=O) groups is 2. The van der Waals surface area contributed by atoms with Crippen LogP contribution in [0.5, 0.6) is 5.75 Å². The number of methoxy groups -OCH3 is 1. The van der Waals surface area contributed by atoms with Gasteiger partial charge in [0.1, 0.15) is 12.3 Å². The highest BCUT2D eigenvalue weighted by atomic mass is 16.5. The summed E-state index contributed by atoms with van der Waals surface area (Å²) in [5, 5.41) is 1.17. The van der Waals surface area contributed by atoms with Gasteiger partial charge in [-0.05, 0) is 64.8 Å². The first-order valence-electron chi connectivity index (χ1n) is 14.4. The minimum atomic E-state index is -0.152. The lowest BCUT2D eigenvalue weighted by molar-refractivity contribution is -0.132. The molecule has 0 spiro atoms. The zero-order valence-electron chi connectivity index (χ0n) is 25.2. The summed E-state index contributed by atoms with van der Waals surface area (Å²) in [4.78, 5) is 34.4. The van der Waals surface area contributed by atoms with Crippen molar-refractivity contribution in [2.24, 2.45) is 5.92 Å². The van der Waals surface area contributed by atoms with Crippen molar-refractivity contribution in [2.45, 2.75) is 53.0 Å². The fourth-order valence-electron chi connectivity index (χ4n) is 5.06. The van der Waals surface area contributed by atoms with Gasteiger partial charge in [-0.1, -0.05) is 77.1 Å². The van der Waals surface area contributed by atoms with Crippen molar-refractivity contribution < 1.29 is 14.3 Å². The monoisotopic (exact) mass is 553 g/mol. The molecule has 1 aromatic heterocycles. The van der Waals surface area contributed by atoms with E-state index in [4.69, 9.17) is 4.74 Å². The van der Waals surface area contributed by atoms with E-state index < -0.39 is 0 Å². The number of ether oxygens (including phenoxy) is 1. The largest absolute Gasteiger partial charge is 0.497 e. The fourth-order valence-corrected chi connectivity index (χ4v) is 5.06. The normalized spacial score (nSPS) is 11.6. The molecule has 0 atom stereocenters. The number of para-hydroxylation sites is 1. The molecule has 1 N–H and O–H groups in total. The Balaban J connectivity index is 1.56. The number of rotatable bonds is 11. The van der Waals surface area contributed by atoms with Crippen LogP contribution < -0.4 is 4.74 Å². The molecule has 4 aromatic rings. The van der Waals surface area contributed by atoms with E-state index in [2.05, 4.69) is 76.0 Å². The van der Waals surface area contributed by atoms with E-state index in [1.807, 2.05) is 23.2 Å². The zero-order valence-corrected chi connectivity index (χ0v) is 25.2. The Hall–Kier alpha value is -4.06. The van der Waals surface area contributed by atoms with E-state index in [-0.39, 0.29) is 29.7 Å². The van der Waals surface area contributed by atoms with Gasteiger partial charge >= 0.3 is 0 Å². The number of nitrogens with one attached hydrogen (secondary N) is 1. The summed E-state index contributed by atoms with van der Waals surface area (Å²) in [6.07, 6.45) is 2.75. The second-order valence-electron chi connectivity index (χ2n) is 12.2. The van der Waals surface area contributed by atoms with E-state index in [1.165, 1.54) is 16.5 Å². The van der Waals surface area contributed by atoms with Crippen LogP contribution in [0.4, 0.5) is 0 Å². The summed E-state index contributed by atoms with van der Waals surface area (Å²) in [5.74, 6) is 0.691. The quantitative estimate of drug-likeness (QED) is 0.221. The molecule has 2 amide bonds. The number of nitrogens with zero attached hydrogens (tertiary/aromatic N) is 2. The molecule has 0 saturated heterocycles. The predicted octanol–water partition coefficient (Wildman–Crippen LogP) is 6.84. The average molecular weight is 554 g/mol. The molecule has 216 valence electrons. The van der Waals surface area contributed by atoms with Gasteiger partial charge in [-0.2, -0.15) is 0 Å². The van der Waals surface area contributed by atoms with Crippen LogP contribution in [0, 0.1) is 5.92 Å². The van der Waals surface area contributed by atoms with E-state index in [1.54, 1.807) is 36.3 Å². The van der Waals surface area contributed by atoms with Crippen molar-refractivity contribution in [3.8, 4) is 5.75 Å². The van der Waals surface area contributed by atoms with Gasteiger partial charge in [-0.25, -0.2) is 0 Å². The van der Waals surface area contributed by atoms with Crippen molar-refractivity contribution in [2.75, 3.05) is 26.7 Å². The first kappa shape index (κ1) is 29.9. The first-order valence-corrected chi connectivity index (χ1v) is 14.4. The van der Waals surface area contributed by atoms with Gasteiger partial charge in [-0.3, -0.25) is 9.59 Å². The van der Waals surface area contributed by atoms with Crippen LogP contribution in [0.15, 0.2) is 79.0 Å². The first-order chi connectivity index (χ1) is 19.5. The molecule has 0 bridgehead atoms. The molecule has 0 aliphatic carbocycles. The van der Waals surface area contributed by atoms with Crippen LogP contribution in [0.25, 0.3) is 10.9 Å². The summed E-state index contributed by atoms with van der Waals surface area (Å²) in [6.45, 7) is 12.3. The molecule has 0 saturated carbocycles. The maximum atomic E-state index is 13.9. The molecule has 1 heterocycles. The molecule has 41 heavy (non-hydrogen) atoms. The van der Waals surface area contributed by atoms with Crippen molar-refractivity contribution in [3.05, 3.63) is 101 Å². The van der Waals surface area contributed by atoms with Crippen molar-refractivity contribution in [3.63, 3.8) is 0 Å². The number of hydrogen-bond acceptors (Lipinski definition) is 3. The third-order valence-electron chi connectivity index (χ3n) is 7.41. The fraction of sp³-hybridized carbons (Fsp3) is 0.371. The minimum absolute atomic E-state index is 0.0248. The third kappa shape index (κ3) is 7.78. The van der Waals surface area contributed by atoms with Gasteiger partial charge in [-0.15, -0.1) is 0 Å². The van der Waals surface area contributed by atoms with Gasteiger partial charge in [0, 0.05) is 42.3 Å². The second kappa shape index (κ2) is 13.1. The van der Waals surface area contributed by atoms with Crippen molar-refractivity contribution in [1.82, 2.24) is 14.8 Å². The van der Waals surface area contributed by atoms with Crippen LogP contribution in [-0.4, -0.2) is 53.3 Å². The summed E-state index contributed by atoms with van der Waals surface area (Å²) < 4.78 is 5.25. The third-order valence-corrected chi connectivity index (χ3v) is 7.41. The predicted molar refractivity (Wildman–Crippen MR) is 166 cm³/mol. The van der Waals surface area contributed by atoms with Crippen LogP contribution >= 0.6 is 0 Å². The topological polar surface area (TPSA) is 65.6 Å². The molecule has 0 radical (unpaired) electrons. The summed E-state index contributed by atoms with van der Waals surface area (Å²) in [5.41, 5.74) is 5.19. The number of aromatic amines is 1. The van der Waals surface area contributed by atoms with E-state index in [0.29, 0.717) is 37.4 Å². The Morgan fingerprint density at radius 3 is 2.22 bits per heavy atom. The lowest BCUT2D eigenvalue weighted by Gasteiger charge is -2.29. The Kier molecular flexibility index (Phi) is 9.53. The molecule has 4 rings (SSSR count). The molecular formula is C35H43N3O3. The van der Waals surface area contributed by atoms with Gasteiger partial charge in [0.25, 0.3) is 5.91 Å². The Bertz CT molecular complexity index is 1450. The maximum absolute atomic E-state index is 13.9. The zero-order chi connectivity index (χ0) is 29.6. The SMILES string of the molecule is COc1ccc(C(=O)N(CC(=O)N(CCc2c[nH]c3ccccc23)Cc2ccc(C(C)(C)C)cc2)CC(C)C)cc1. The van der Waals surface area contributed by atoms with E-state index in [0.717, 1.165) is 11.1 Å². The minimum Gasteiger partial charge on any atom is -0.497 e. The summed E-state index contributed by atoms with van der Waals surface area (Å²) >= 11 is 0. The van der Waals surface area contributed by atoms with Gasteiger partial charge in [0.05, 0.1) is 7.11 Å². The highest BCUT2D eigenvalue weighted by Gasteiger charge is 2.24. The number of amides is 2. The number of benzene rings is 3. The van der Waals surface area contributed by atoms with Crippen LogP contribution in [0.3, 0.4) is 0 Å². The summed E-state index contributed by atoms with van der Waals surface area (Å²) in [7, 11) is 1.60. The molecule has 3 aromatic carbocycles. The molecule has 0 aliphatic rings. The van der Waals surface area contributed by atoms with Crippen LogP contribution in [-0.2, 0) is 23.2 Å². The summed E-state index contributed by atoms with van der Waals surface area (Å²) in [6, 6.07) is 23.8. The van der Waals surface area contributed by atoms with E-state index >= 15 is 0 Å². The highest BCUT2D eigenvalue weighted by Crippen LogP contribution is 2.23. The molecule has 6 nitrogen and oxygen atoms in total. The standard InChI is InChI=1S/C35H43N3O3/c1-25(2)22-38(34(40)27-13-17-30(41-6)18-14-27)24-33(39)37(23-26-11-15-29(16-12-26)35(3,4)5)20-19-28-21-36-32-10-8-7-9-31(28)32/h7-18,21,25,36H,19-20,22-24H2,1-6H3. The maximum Gasteiger partial charge on any atom is 0.254 e. The molecule has 0 unspecified atom stereocenters. The smallest absolute Gasteiger partial charge is 0.254 e. The Morgan fingerprint density at radius 2 is 1.59 bits per heavy atom. The lowest BCUT2D eigenvalue weighted by Crippen LogP contribution is -2.44. The van der Waals surface area contributed by atoms with Gasteiger partial charge < -0.3 is 19.5 Å². The number of carbonyl (C=O) groups excluding carboxylic acids is 2. The number of H-pyrrole nitrogens is 1. The van der Waals surface area contributed by atoms with Gasteiger partial charge in [0.2, 0.25) is 5.91 Å². The molecular weight excluding hydrogens is 510 g/mol. The van der Waals surface area contributed by atoms with Crippen LogP contribution in [0.2, 0.25) is 0 Å². The Morgan fingerprint density at radius 1 is 0.902 bits per heavy atom. The lowest BCUT2D eigenvalue weighted by atomic mass is 9.87. The van der Waals surface area contributed by atoms with Crippen molar-refractivity contribution in [1.29, 1.82) is 0 Å². The average Bonchev–Trinajstić information content (AvgIpc) is 3.37. The molecule has 6 heteroatoms. The molecule has 0 aliphatic heterocycles. The number of fused-ring (bicyclic) bond motifs is 1. The molecule has 0 fully saturated rings. The van der Waals surface area contributed by atoms with Gasteiger partial charge in [0.15, 0.2) is 0 Å². The van der Waals surface area contributed by atoms with Crippen molar-refractivity contribution >= 4 is 22.7 Å². The number of hydrogen-bond donors (Lipinski definition) is 1. The van der Waals surface area contributed by atoms with Crippen LogP contribution in [0.1, 0.15) is 61.7 Å². The number of aromatic nitrogens is 1. The highest BCUT2D eigenvalue weighted by molar-refractivity contribution is 5.96.